The molecule has 1 fully saturated rings. The molecular formula is C25H22N4OS. The van der Waals surface area contributed by atoms with Crippen molar-refractivity contribution >= 4 is 22.4 Å². The summed E-state index contributed by atoms with van der Waals surface area (Å²) < 4.78 is 0. The fourth-order valence-corrected chi connectivity index (χ4v) is 4.65. The predicted octanol–water partition coefficient (Wildman–Crippen LogP) is 4.87. The molecule has 31 heavy (non-hydrogen) atoms. The number of thiazole rings is 1. The van der Waals surface area contributed by atoms with Gasteiger partial charge >= 0.3 is 0 Å². The van der Waals surface area contributed by atoms with E-state index >= 15 is 0 Å². The van der Waals surface area contributed by atoms with E-state index in [1.165, 1.54) is 22.5 Å². The van der Waals surface area contributed by atoms with Crippen LogP contribution in [0.25, 0.3) is 11.4 Å². The Morgan fingerprint density at radius 3 is 2.16 bits per heavy atom. The Morgan fingerprint density at radius 1 is 0.903 bits per heavy atom. The van der Waals surface area contributed by atoms with Crippen LogP contribution in [0.3, 0.4) is 0 Å². The molecule has 1 aliphatic heterocycles. The topological polar surface area (TPSA) is 58.1 Å². The summed E-state index contributed by atoms with van der Waals surface area (Å²) in [6.45, 7) is 1.44. The number of anilines is 1. The fraction of sp³-hybridized carbons (Fsp3) is 0.160. The molecule has 6 heteroatoms. The molecule has 1 N–H and O–H groups in total. The Morgan fingerprint density at radius 2 is 1.55 bits per heavy atom. The molecule has 0 aliphatic carbocycles. The first-order valence-corrected chi connectivity index (χ1v) is 11.2. The third-order valence-electron chi connectivity index (χ3n) is 5.54. The Hall–Kier alpha value is -3.35. The van der Waals surface area contributed by atoms with Gasteiger partial charge in [-0.2, -0.15) is 0 Å². The van der Waals surface area contributed by atoms with Crippen molar-refractivity contribution in [1.82, 2.24) is 14.9 Å². The molecule has 3 heterocycles. The highest BCUT2D eigenvalue weighted by Crippen LogP contribution is 2.34. The first kappa shape index (κ1) is 19.6. The van der Waals surface area contributed by atoms with Crippen LogP contribution in [0.4, 0.5) is 5.13 Å². The van der Waals surface area contributed by atoms with Crippen molar-refractivity contribution in [1.29, 1.82) is 0 Å². The second-order valence-electron chi connectivity index (χ2n) is 7.62. The molecule has 2 aromatic heterocycles. The summed E-state index contributed by atoms with van der Waals surface area (Å²) in [5.74, 6) is -0.0184. The molecule has 1 aliphatic rings. The smallest absolute Gasteiger partial charge is 0.231 e. The third kappa shape index (κ3) is 4.26. The van der Waals surface area contributed by atoms with Crippen molar-refractivity contribution in [2.45, 2.75) is 6.04 Å². The van der Waals surface area contributed by atoms with E-state index < -0.39 is 0 Å². The van der Waals surface area contributed by atoms with Crippen LogP contribution < -0.4 is 5.32 Å². The number of aromatic nitrogens is 2. The Kier molecular flexibility index (Phi) is 5.56. The molecule has 5 rings (SSSR count). The van der Waals surface area contributed by atoms with Crippen LogP contribution >= 0.6 is 11.3 Å². The van der Waals surface area contributed by atoms with Crippen LogP contribution in [0.1, 0.15) is 17.2 Å². The van der Waals surface area contributed by atoms with E-state index in [4.69, 9.17) is 0 Å². The highest BCUT2D eigenvalue weighted by Gasteiger charge is 2.38. The number of pyridine rings is 1. The molecule has 0 unspecified atom stereocenters. The number of nitrogens with one attached hydrogen (secondary N) is 1. The number of hydrogen-bond acceptors (Lipinski definition) is 5. The van der Waals surface area contributed by atoms with Gasteiger partial charge in [0.15, 0.2) is 5.13 Å². The van der Waals surface area contributed by atoms with Crippen LogP contribution in [-0.4, -0.2) is 33.9 Å². The van der Waals surface area contributed by atoms with Gasteiger partial charge in [0.2, 0.25) is 5.91 Å². The maximum atomic E-state index is 12.8. The molecule has 0 spiro atoms. The van der Waals surface area contributed by atoms with Gasteiger partial charge in [0.05, 0.1) is 17.7 Å². The molecule has 4 aromatic rings. The van der Waals surface area contributed by atoms with E-state index in [-0.39, 0.29) is 17.9 Å². The molecule has 0 saturated carbocycles. The fourth-order valence-electron chi connectivity index (χ4n) is 3.94. The zero-order valence-electron chi connectivity index (χ0n) is 16.9. The summed E-state index contributed by atoms with van der Waals surface area (Å²) in [5.41, 5.74) is 4.08. The van der Waals surface area contributed by atoms with E-state index in [1.54, 1.807) is 6.20 Å². The minimum Gasteiger partial charge on any atom is -0.302 e. The van der Waals surface area contributed by atoms with E-state index in [1.807, 2.05) is 35.7 Å². The molecule has 1 saturated heterocycles. The first-order valence-electron chi connectivity index (χ1n) is 10.3. The lowest BCUT2D eigenvalue weighted by Gasteiger charge is -2.43. The number of benzene rings is 2. The first-order chi connectivity index (χ1) is 15.3. The second kappa shape index (κ2) is 8.79. The maximum Gasteiger partial charge on any atom is 0.231 e. The lowest BCUT2D eigenvalue weighted by Crippen LogP contribution is -2.53. The van der Waals surface area contributed by atoms with Crippen LogP contribution in [0.5, 0.6) is 0 Å². The number of rotatable bonds is 6. The van der Waals surface area contributed by atoms with Crippen molar-refractivity contribution in [3.63, 3.8) is 0 Å². The van der Waals surface area contributed by atoms with Crippen molar-refractivity contribution in [3.05, 3.63) is 102 Å². The SMILES string of the molecule is O=C(Nc1nc(-c2ccccn2)cs1)C1CN(C(c2ccccc2)c2ccccc2)C1. The zero-order chi connectivity index (χ0) is 21.0. The van der Waals surface area contributed by atoms with Gasteiger partial charge in [-0.05, 0) is 23.3 Å². The molecule has 154 valence electrons. The zero-order valence-corrected chi connectivity index (χ0v) is 17.7. The predicted molar refractivity (Wildman–Crippen MR) is 124 cm³/mol. The van der Waals surface area contributed by atoms with Crippen molar-refractivity contribution in [2.24, 2.45) is 5.92 Å². The average Bonchev–Trinajstić information content (AvgIpc) is 3.26. The van der Waals surface area contributed by atoms with E-state index in [9.17, 15) is 4.79 Å². The van der Waals surface area contributed by atoms with Gasteiger partial charge < -0.3 is 5.32 Å². The number of amides is 1. The summed E-state index contributed by atoms with van der Waals surface area (Å²) in [6, 6.07) is 26.8. The Bertz CT molecular complexity index is 1100. The van der Waals surface area contributed by atoms with Gasteiger partial charge in [-0.3, -0.25) is 14.7 Å². The van der Waals surface area contributed by atoms with Gasteiger partial charge in [0, 0.05) is 24.7 Å². The van der Waals surface area contributed by atoms with Gasteiger partial charge in [-0.15, -0.1) is 11.3 Å². The summed E-state index contributed by atoms with van der Waals surface area (Å²) in [6.07, 6.45) is 1.74. The van der Waals surface area contributed by atoms with Crippen molar-refractivity contribution in [2.75, 3.05) is 18.4 Å². The number of nitrogens with zero attached hydrogens (tertiary/aromatic N) is 3. The summed E-state index contributed by atoms with van der Waals surface area (Å²) in [7, 11) is 0. The lowest BCUT2D eigenvalue weighted by atomic mass is 9.90. The Balaban J connectivity index is 1.25. The Labute approximate surface area is 185 Å². The summed E-state index contributed by atoms with van der Waals surface area (Å²) >= 11 is 1.43. The van der Waals surface area contributed by atoms with Crippen LogP contribution in [-0.2, 0) is 4.79 Å². The van der Waals surface area contributed by atoms with E-state index in [0.29, 0.717) is 5.13 Å². The highest BCUT2D eigenvalue weighted by molar-refractivity contribution is 7.14. The molecule has 2 aromatic carbocycles. The quantitative estimate of drug-likeness (QED) is 0.478. The number of carbonyl (C=O) groups excluding carboxylic acids is 1. The second-order valence-corrected chi connectivity index (χ2v) is 8.47. The van der Waals surface area contributed by atoms with Gasteiger partial charge in [0.25, 0.3) is 0 Å². The number of carbonyl (C=O) groups is 1. The van der Waals surface area contributed by atoms with Crippen molar-refractivity contribution in [3.8, 4) is 11.4 Å². The van der Waals surface area contributed by atoms with Crippen LogP contribution in [0, 0.1) is 5.92 Å². The van der Waals surface area contributed by atoms with Crippen LogP contribution in [0.15, 0.2) is 90.4 Å². The lowest BCUT2D eigenvalue weighted by molar-refractivity contribution is -0.125. The molecular weight excluding hydrogens is 404 g/mol. The van der Waals surface area contributed by atoms with E-state index in [0.717, 1.165) is 24.5 Å². The third-order valence-corrected chi connectivity index (χ3v) is 6.30. The number of likely N-dealkylation sites (tertiary alicyclic amines) is 1. The largest absolute Gasteiger partial charge is 0.302 e. The number of hydrogen-bond donors (Lipinski definition) is 1. The van der Waals surface area contributed by atoms with Gasteiger partial charge in [0.1, 0.15) is 5.69 Å². The van der Waals surface area contributed by atoms with Crippen molar-refractivity contribution < 1.29 is 4.79 Å². The molecule has 0 atom stereocenters. The van der Waals surface area contributed by atoms with E-state index in [2.05, 4.69) is 68.7 Å². The minimum atomic E-state index is -0.0443. The normalized spacial score (nSPS) is 14.4. The van der Waals surface area contributed by atoms with Gasteiger partial charge in [-0.1, -0.05) is 66.7 Å². The standard InChI is InChI=1S/C25H22N4OS/c30-24(28-25-27-22(17-31-25)21-13-7-8-14-26-21)20-15-29(16-20)23(18-9-3-1-4-10-18)19-11-5-2-6-12-19/h1-14,17,20,23H,15-16H2,(H,27,28,30). The molecule has 1 amide bonds. The summed E-state index contributed by atoms with van der Waals surface area (Å²) in [4.78, 5) is 24.0. The molecule has 0 radical (unpaired) electrons. The molecule has 0 bridgehead atoms. The minimum absolute atomic E-state index is 0.0260. The highest BCUT2D eigenvalue weighted by atomic mass is 32.1. The average molecular weight is 427 g/mol. The maximum absolute atomic E-state index is 12.8. The summed E-state index contributed by atoms with van der Waals surface area (Å²) in [5, 5.41) is 5.53. The van der Waals surface area contributed by atoms with Gasteiger partial charge in [-0.25, -0.2) is 4.98 Å². The molecule has 5 nitrogen and oxygen atoms in total. The monoisotopic (exact) mass is 426 g/mol. The van der Waals surface area contributed by atoms with Crippen LogP contribution in [0.2, 0.25) is 0 Å².